The number of nitrogens with zero attached hydrogens (tertiary/aromatic N) is 3. The summed E-state index contributed by atoms with van der Waals surface area (Å²) in [5.74, 6) is -0.700. The number of aromatic nitrogens is 3. The van der Waals surface area contributed by atoms with Crippen LogP contribution in [0, 0.1) is 0 Å². The minimum atomic E-state index is -1.88. The molecule has 9 heteroatoms. The zero-order valence-electron chi connectivity index (χ0n) is 23.7. The van der Waals surface area contributed by atoms with Crippen molar-refractivity contribution in [3.63, 3.8) is 0 Å². The SMILES string of the molecule is CCC1(O)C(=O)OC(CC[Si](C)(C)CCCn2ccccc2=O)c2c1cc1n(c2=O)Cc2cc3ccccc3nc2-1. The predicted molar refractivity (Wildman–Crippen MR) is 161 cm³/mol. The summed E-state index contributed by atoms with van der Waals surface area (Å²) >= 11 is 0. The number of rotatable bonds is 8. The number of esters is 1. The minimum absolute atomic E-state index is 0.000402. The van der Waals surface area contributed by atoms with Crippen molar-refractivity contribution in [1.29, 1.82) is 0 Å². The fourth-order valence-electron chi connectivity index (χ4n) is 6.30. The number of carbonyl (C=O) groups is 1. The Morgan fingerprint density at radius 3 is 2.63 bits per heavy atom. The number of aryl methyl sites for hydroxylation is 1. The zero-order chi connectivity index (χ0) is 28.9. The first-order valence-corrected chi connectivity index (χ1v) is 17.8. The van der Waals surface area contributed by atoms with Crippen molar-refractivity contribution in [3.05, 3.63) is 98.2 Å². The molecule has 0 bridgehead atoms. The smallest absolute Gasteiger partial charge is 0.343 e. The van der Waals surface area contributed by atoms with Gasteiger partial charge in [0.15, 0.2) is 5.60 Å². The molecule has 2 aliphatic heterocycles. The van der Waals surface area contributed by atoms with Crippen molar-refractivity contribution in [2.75, 3.05) is 0 Å². The van der Waals surface area contributed by atoms with Crippen LogP contribution >= 0.6 is 0 Å². The molecule has 0 saturated carbocycles. The van der Waals surface area contributed by atoms with Gasteiger partial charge < -0.3 is 19.0 Å². The number of hydrogen-bond acceptors (Lipinski definition) is 6. The van der Waals surface area contributed by atoms with Crippen LogP contribution in [-0.4, -0.2) is 33.3 Å². The van der Waals surface area contributed by atoms with E-state index in [1.165, 1.54) is 0 Å². The Kier molecular flexibility index (Phi) is 6.82. The number of aliphatic hydroxyl groups is 1. The molecule has 0 fully saturated rings. The summed E-state index contributed by atoms with van der Waals surface area (Å²) in [5, 5.41) is 12.5. The van der Waals surface area contributed by atoms with Crippen LogP contribution in [0.25, 0.3) is 22.3 Å². The van der Waals surface area contributed by atoms with Crippen molar-refractivity contribution in [2.24, 2.45) is 0 Å². The van der Waals surface area contributed by atoms with Gasteiger partial charge in [0.05, 0.1) is 29.0 Å². The van der Waals surface area contributed by atoms with Gasteiger partial charge in [-0.05, 0) is 43.5 Å². The van der Waals surface area contributed by atoms with Gasteiger partial charge in [0.1, 0.15) is 6.10 Å². The van der Waals surface area contributed by atoms with Crippen LogP contribution in [0.5, 0.6) is 0 Å². The molecule has 1 aromatic carbocycles. The summed E-state index contributed by atoms with van der Waals surface area (Å²) in [6.45, 7) is 7.36. The Labute approximate surface area is 239 Å². The summed E-state index contributed by atoms with van der Waals surface area (Å²) in [4.78, 5) is 44.2. The first-order valence-electron chi connectivity index (χ1n) is 14.4. The molecule has 212 valence electrons. The first kappa shape index (κ1) is 27.4. The van der Waals surface area contributed by atoms with E-state index in [4.69, 9.17) is 9.72 Å². The van der Waals surface area contributed by atoms with E-state index in [1.807, 2.05) is 36.5 Å². The molecule has 0 amide bonds. The summed E-state index contributed by atoms with van der Waals surface area (Å²) in [5.41, 5.74) is 1.74. The van der Waals surface area contributed by atoms with E-state index in [1.54, 1.807) is 34.3 Å². The largest absolute Gasteiger partial charge is 0.455 e. The van der Waals surface area contributed by atoms with Gasteiger partial charge >= 0.3 is 5.97 Å². The molecule has 41 heavy (non-hydrogen) atoms. The van der Waals surface area contributed by atoms with Crippen molar-refractivity contribution in [1.82, 2.24) is 14.1 Å². The number of para-hydroxylation sites is 1. The number of ether oxygens (including phenoxy) is 1. The van der Waals surface area contributed by atoms with E-state index in [2.05, 4.69) is 19.2 Å². The fraction of sp³-hybridized carbons (Fsp3) is 0.375. The molecular weight excluding hydrogens is 534 g/mol. The second kappa shape index (κ2) is 10.2. The van der Waals surface area contributed by atoms with E-state index >= 15 is 0 Å². The Morgan fingerprint density at radius 2 is 1.85 bits per heavy atom. The second-order valence-electron chi connectivity index (χ2n) is 12.1. The Balaban J connectivity index is 1.30. The molecule has 2 unspecified atom stereocenters. The fourth-order valence-corrected chi connectivity index (χ4v) is 8.70. The summed E-state index contributed by atoms with van der Waals surface area (Å²) in [6, 6.07) is 18.7. The third-order valence-corrected chi connectivity index (χ3v) is 12.2. The van der Waals surface area contributed by atoms with Crippen LogP contribution in [0.2, 0.25) is 25.2 Å². The van der Waals surface area contributed by atoms with Gasteiger partial charge in [-0.3, -0.25) is 9.59 Å². The highest BCUT2D eigenvalue weighted by Crippen LogP contribution is 2.43. The molecule has 0 saturated heterocycles. The Hall–Kier alpha value is -3.82. The summed E-state index contributed by atoms with van der Waals surface area (Å²) < 4.78 is 9.28. The minimum Gasteiger partial charge on any atom is -0.455 e. The maximum absolute atomic E-state index is 14.1. The lowest BCUT2D eigenvalue weighted by Crippen LogP contribution is -2.46. The molecule has 3 aromatic heterocycles. The number of fused-ring (bicyclic) bond motifs is 5. The first-order chi connectivity index (χ1) is 19.6. The number of hydrogen-bond donors (Lipinski definition) is 1. The monoisotopic (exact) mass is 569 g/mol. The average molecular weight is 570 g/mol. The highest BCUT2D eigenvalue weighted by molar-refractivity contribution is 6.77. The number of cyclic esters (lactones) is 1. The lowest BCUT2D eigenvalue weighted by atomic mass is 9.83. The number of pyridine rings is 3. The van der Waals surface area contributed by atoms with Crippen molar-refractivity contribution >= 4 is 24.9 Å². The normalized spacial score (nSPS) is 19.5. The molecule has 0 aliphatic carbocycles. The van der Waals surface area contributed by atoms with Crippen LogP contribution in [0.15, 0.2) is 70.4 Å². The Morgan fingerprint density at radius 1 is 1.07 bits per heavy atom. The van der Waals surface area contributed by atoms with Crippen molar-refractivity contribution in [2.45, 2.75) is 76.2 Å². The molecule has 0 radical (unpaired) electrons. The summed E-state index contributed by atoms with van der Waals surface area (Å²) in [6.07, 6.45) is 2.61. The van der Waals surface area contributed by atoms with Crippen molar-refractivity contribution in [3.8, 4) is 11.4 Å². The number of benzene rings is 1. The van der Waals surface area contributed by atoms with Crippen LogP contribution in [0.3, 0.4) is 0 Å². The van der Waals surface area contributed by atoms with Gasteiger partial charge in [-0.15, -0.1) is 0 Å². The molecule has 8 nitrogen and oxygen atoms in total. The molecule has 1 N–H and O–H groups in total. The predicted octanol–water partition coefficient (Wildman–Crippen LogP) is 4.97. The van der Waals surface area contributed by atoms with Crippen LogP contribution in [0.1, 0.15) is 49.0 Å². The van der Waals surface area contributed by atoms with E-state index in [0.717, 1.165) is 35.0 Å². The second-order valence-corrected chi connectivity index (χ2v) is 17.4. The highest BCUT2D eigenvalue weighted by Gasteiger charge is 2.49. The van der Waals surface area contributed by atoms with Gasteiger partial charge in [0.25, 0.3) is 5.56 Å². The molecule has 6 rings (SSSR count). The van der Waals surface area contributed by atoms with E-state index in [9.17, 15) is 19.5 Å². The quantitative estimate of drug-likeness (QED) is 0.209. The van der Waals surface area contributed by atoms with Gasteiger partial charge in [-0.25, -0.2) is 9.78 Å². The zero-order valence-corrected chi connectivity index (χ0v) is 24.7. The van der Waals surface area contributed by atoms with E-state index < -0.39 is 25.7 Å². The third-order valence-electron chi connectivity index (χ3n) is 8.81. The average Bonchev–Trinajstić information content (AvgIpc) is 3.32. The molecule has 4 aromatic rings. The van der Waals surface area contributed by atoms with Crippen LogP contribution < -0.4 is 11.1 Å². The van der Waals surface area contributed by atoms with Crippen molar-refractivity contribution < 1.29 is 14.6 Å². The van der Waals surface area contributed by atoms with Gasteiger partial charge in [-0.2, -0.15) is 0 Å². The maximum Gasteiger partial charge on any atom is 0.343 e. The number of carbonyl (C=O) groups excluding carboxylic acids is 1. The van der Waals surface area contributed by atoms with Gasteiger partial charge in [0.2, 0.25) is 5.56 Å². The lowest BCUT2D eigenvalue weighted by Gasteiger charge is -2.37. The molecule has 0 spiro atoms. The van der Waals surface area contributed by atoms with Gasteiger partial charge in [0, 0.05) is 43.4 Å². The van der Waals surface area contributed by atoms with E-state index in [-0.39, 0.29) is 17.5 Å². The van der Waals surface area contributed by atoms with E-state index in [0.29, 0.717) is 42.0 Å². The molecular formula is C32H35N3O5Si. The Bertz CT molecular complexity index is 1790. The van der Waals surface area contributed by atoms with Gasteiger partial charge in [-0.1, -0.05) is 56.4 Å². The standard InChI is InChI=1S/C32H35N3O5Si/c1-4-32(39)23-19-25-29-22(18-21-10-5-6-11-24(21)33-29)20-35(25)30(37)28(23)26(40-31(32)38)13-17-41(2,3)16-9-15-34-14-8-7-12-27(34)36/h5-8,10-12,14,18-19,26,39H,4,9,13,15-17,20H2,1-3H3. The lowest BCUT2D eigenvalue weighted by molar-refractivity contribution is -0.178. The molecule has 5 heterocycles. The van der Waals surface area contributed by atoms with Crippen LogP contribution in [0.4, 0.5) is 0 Å². The topological polar surface area (TPSA) is 103 Å². The van der Waals surface area contributed by atoms with Crippen LogP contribution in [-0.2, 0) is 28.2 Å². The highest BCUT2D eigenvalue weighted by atomic mass is 28.3. The molecule has 2 aliphatic rings. The molecule has 2 atom stereocenters. The third kappa shape index (κ3) is 4.76. The maximum atomic E-state index is 14.1. The summed E-state index contributed by atoms with van der Waals surface area (Å²) in [7, 11) is -1.75.